The molecule has 33 heavy (non-hydrogen) atoms. The third-order valence-corrected chi connectivity index (χ3v) is 9.70. The quantitative estimate of drug-likeness (QED) is 0.378. The van der Waals surface area contributed by atoms with Crippen LogP contribution in [0.2, 0.25) is 0 Å². The van der Waals surface area contributed by atoms with Crippen molar-refractivity contribution in [2.45, 2.75) is 122 Å². The summed E-state index contributed by atoms with van der Waals surface area (Å²) in [6.45, 7) is 4.02. The summed E-state index contributed by atoms with van der Waals surface area (Å²) in [4.78, 5) is 0. The van der Waals surface area contributed by atoms with Gasteiger partial charge in [0.25, 0.3) is 5.92 Å². The molecule has 3 aliphatic rings. The van der Waals surface area contributed by atoms with Gasteiger partial charge in [0, 0.05) is 12.3 Å². The zero-order valence-electron chi connectivity index (χ0n) is 20.9. The second-order valence-electron chi connectivity index (χ2n) is 11.9. The van der Waals surface area contributed by atoms with E-state index in [-0.39, 0.29) is 24.1 Å². The molecular formula is C30H45F3. The normalized spacial score (nSPS) is 33.7. The Morgan fingerprint density at radius 2 is 1.36 bits per heavy atom. The highest BCUT2D eigenvalue weighted by Gasteiger charge is 2.43. The average molecular weight is 463 g/mol. The Kier molecular flexibility index (Phi) is 8.50. The van der Waals surface area contributed by atoms with E-state index >= 15 is 8.78 Å². The van der Waals surface area contributed by atoms with Crippen molar-refractivity contribution < 1.29 is 13.2 Å². The highest BCUT2D eigenvalue weighted by Crippen LogP contribution is 2.48. The summed E-state index contributed by atoms with van der Waals surface area (Å²) in [7, 11) is 0. The van der Waals surface area contributed by atoms with E-state index in [9.17, 15) is 4.39 Å². The van der Waals surface area contributed by atoms with Gasteiger partial charge < -0.3 is 0 Å². The molecule has 0 heterocycles. The van der Waals surface area contributed by atoms with Crippen LogP contribution in [0.4, 0.5) is 13.2 Å². The minimum absolute atomic E-state index is 0.0845. The SMILES string of the molecule is CCCC1CCC(C(F)(F)CC2CCC(C3CCC(c4ccc(C)c(F)c4)CC3)CC2)CC1. The van der Waals surface area contributed by atoms with Crippen molar-refractivity contribution in [3.8, 4) is 0 Å². The first kappa shape index (κ1) is 25.1. The minimum Gasteiger partial charge on any atom is -0.207 e. The monoisotopic (exact) mass is 462 g/mol. The molecule has 0 amide bonds. The molecule has 1 aromatic rings. The molecule has 0 N–H and O–H groups in total. The summed E-state index contributed by atoms with van der Waals surface area (Å²) in [5.74, 6) is -0.0606. The molecule has 0 atom stereocenters. The molecule has 3 saturated carbocycles. The Morgan fingerprint density at radius 1 is 0.788 bits per heavy atom. The molecule has 0 saturated heterocycles. The van der Waals surface area contributed by atoms with Gasteiger partial charge in [-0.3, -0.25) is 0 Å². The second-order valence-corrected chi connectivity index (χ2v) is 11.9. The lowest BCUT2D eigenvalue weighted by atomic mass is 9.67. The van der Waals surface area contributed by atoms with Crippen molar-refractivity contribution in [2.75, 3.05) is 0 Å². The van der Waals surface area contributed by atoms with Crippen LogP contribution >= 0.6 is 0 Å². The van der Waals surface area contributed by atoms with E-state index in [1.165, 1.54) is 25.7 Å². The van der Waals surface area contributed by atoms with Crippen LogP contribution in [0.15, 0.2) is 18.2 Å². The summed E-state index contributed by atoms with van der Waals surface area (Å²) in [6.07, 6.45) is 15.0. The molecule has 0 nitrogen and oxygen atoms in total. The fourth-order valence-electron chi connectivity index (χ4n) is 7.48. The maximum Gasteiger partial charge on any atom is 0.251 e. The van der Waals surface area contributed by atoms with Gasteiger partial charge in [-0.15, -0.1) is 0 Å². The Labute approximate surface area is 200 Å². The summed E-state index contributed by atoms with van der Waals surface area (Å²) < 4.78 is 44.1. The molecule has 3 aliphatic carbocycles. The molecule has 3 fully saturated rings. The molecule has 0 aliphatic heterocycles. The standard InChI is InChI=1S/C30H45F3/c1-3-4-22-8-17-28(18-9-22)30(32,33)20-23-6-11-24(12-7-23)25-13-15-26(16-14-25)27-10-5-21(2)29(31)19-27/h5,10,19,22-26,28H,3-4,6-9,11-18,20H2,1-2H3. The molecule has 3 heteroatoms. The number of aryl methyl sites for hydroxylation is 1. The highest BCUT2D eigenvalue weighted by molar-refractivity contribution is 5.26. The summed E-state index contributed by atoms with van der Waals surface area (Å²) in [6, 6.07) is 5.75. The van der Waals surface area contributed by atoms with Crippen LogP contribution in [0, 0.1) is 42.3 Å². The van der Waals surface area contributed by atoms with Gasteiger partial charge in [-0.2, -0.15) is 0 Å². The smallest absolute Gasteiger partial charge is 0.207 e. The Balaban J connectivity index is 1.20. The summed E-state index contributed by atoms with van der Waals surface area (Å²) in [5, 5.41) is 0. The van der Waals surface area contributed by atoms with Crippen molar-refractivity contribution in [3.05, 3.63) is 35.1 Å². The third kappa shape index (κ3) is 6.37. The van der Waals surface area contributed by atoms with Crippen LogP contribution in [0.1, 0.15) is 120 Å². The van der Waals surface area contributed by atoms with Crippen LogP contribution in [0.3, 0.4) is 0 Å². The zero-order valence-corrected chi connectivity index (χ0v) is 20.9. The third-order valence-electron chi connectivity index (χ3n) is 9.70. The van der Waals surface area contributed by atoms with Crippen LogP contribution in [0.5, 0.6) is 0 Å². The first-order chi connectivity index (χ1) is 15.9. The van der Waals surface area contributed by atoms with Gasteiger partial charge in [0.2, 0.25) is 0 Å². The lowest BCUT2D eigenvalue weighted by Gasteiger charge is -2.40. The van der Waals surface area contributed by atoms with Gasteiger partial charge >= 0.3 is 0 Å². The molecular weight excluding hydrogens is 417 g/mol. The predicted molar refractivity (Wildman–Crippen MR) is 131 cm³/mol. The van der Waals surface area contributed by atoms with E-state index in [0.717, 1.165) is 87.2 Å². The van der Waals surface area contributed by atoms with Gasteiger partial charge in [0.05, 0.1) is 0 Å². The first-order valence-corrected chi connectivity index (χ1v) is 14.0. The molecule has 0 radical (unpaired) electrons. The highest BCUT2D eigenvalue weighted by atomic mass is 19.3. The maximum absolute atomic E-state index is 15.1. The van der Waals surface area contributed by atoms with Crippen molar-refractivity contribution in [3.63, 3.8) is 0 Å². The van der Waals surface area contributed by atoms with Crippen molar-refractivity contribution in [1.29, 1.82) is 0 Å². The summed E-state index contributed by atoms with van der Waals surface area (Å²) in [5.41, 5.74) is 1.88. The van der Waals surface area contributed by atoms with Gasteiger partial charge in [-0.1, -0.05) is 31.9 Å². The number of benzene rings is 1. The molecule has 0 unspecified atom stereocenters. The maximum atomic E-state index is 15.1. The Morgan fingerprint density at radius 3 is 1.94 bits per heavy atom. The molecule has 0 aromatic heterocycles. The average Bonchev–Trinajstić information content (AvgIpc) is 2.82. The predicted octanol–water partition coefficient (Wildman–Crippen LogP) is 9.85. The van der Waals surface area contributed by atoms with Crippen LogP contribution in [-0.2, 0) is 0 Å². The number of hydrogen-bond acceptors (Lipinski definition) is 0. The van der Waals surface area contributed by atoms with E-state index in [0.29, 0.717) is 11.8 Å². The zero-order chi connectivity index (χ0) is 23.4. The van der Waals surface area contributed by atoms with E-state index in [1.807, 2.05) is 13.0 Å². The fraction of sp³-hybridized carbons (Fsp3) is 0.800. The molecule has 4 rings (SSSR count). The van der Waals surface area contributed by atoms with Gasteiger partial charge in [-0.05, 0) is 131 Å². The lowest BCUT2D eigenvalue weighted by molar-refractivity contribution is -0.0967. The van der Waals surface area contributed by atoms with Crippen LogP contribution in [-0.4, -0.2) is 5.92 Å². The van der Waals surface area contributed by atoms with E-state index < -0.39 is 5.92 Å². The van der Waals surface area contributed by atoms with Gasteiger partial charge in [-0.25, -0.2) is 13.2 Å². The van der Waals surface area contributed by atoms with E-state index in [2.05, 4.69) is 13.0 Å². The lowest BCUT2D eigenvalue weighted by Crippen LogP contribution is -2.35. The van der Waals surface area contributed by atoms with Crippen LogP contribution in [0.25, 0.3) is 0 Å². The Bertz CT molecular complexity index is 733. The number of rotatable bonds is 7. The molecule has 186 valence electrons. The topological polar surface area (TPSA) is 0 Å². The summed E-state index contributed by atoms with van der Waals surface area (Å²) >= 11 is 0. The van der Waals surface area contributed by atoms with Crippen molar-refractivity contribution >= 4 is 0 Å². The molecule has 0 bridgehead atoms. The van der Waals surface area contributed by atoms with Crippen molar-refractivity contribution in [2.24, 2.45) is 29.6 Å². The second kappa shape index (κ2) is 11.2. The number of halogens is 3. The minimum atomic E-state index is -2.46. The molecule has 1 aromatic carbocycles. The fourth-order valence-corrected chi connectivity index (χ4v) is 7.48. The Hall–Kier alpha value is -0.990. The van der Waals surface area contributed by atoms with Gasteiger partial charge in [0.15, 0.2) is 0 Å². The molecule has 0 spiro atoms. The van der Waals surface area contributed by atoms with Crippen LogP contribution < -0.4 is 0 Å². The number of alkyl halides is 2. The first-order valence-electron chi connectivity index (χ1n) is 14.0. The van der Waals surface area contributed by atoms with Crippen molar-refractivity contribution in [1.82, 2.24) is 0 Å². The van der Waals surface area contributed by atoms with Gasteiger partial charge in [0.1, 0.15) is 5.82 Å². The largest absolute Gasteiger partial charge is 0.251 e. The van der Waals surface area contributed by atoms with E-state index in [1.54, 1.807) is 6.07 Å². The number of hydrogen-bond donors (Lipinski definition) is 0. The van der Waals surface area contributed by atoms with E-state index in [4.69, 9.17) is 0 Å².